The molecular weight excluding hydrogens is 371 g/mol. The summed E-state index contributed by atoms with van der Waals surface area (Å²) < 4.78 is 16.4. The second-order valence-electron chi connectivity index (χ2n) is 6.70. The van der Waals surface area contributed by atoms with E-state index in [-0.39, 0.29) is 5.82 Å². The van der Waals surface area contributed by atoms with Gasteiger partial charge < -0.3 is 10.2 Å². The van der Waals surface area contributed by atoms with Gasteiger partial charge in [-0.1, -0.05) is 6.07 Å². The highest BCUT2D eigenvalue weighted by molar-refractivity contribution is 5.93. The molecule has 9 heteroatoms. The lowest BCUT2D eigenvalue weighted by molar-refractivity contribution is 0.614. The highest BCUT2D eigenvalue weighted by Gasteiger charge is 2.16. The van der Waals surface area contributed by atoms with Crippen molar-refractivity contribution in [3.63, 3.8) is 0 Å². The Balaban J connectivity index is 1.50. The van der Waals surface area contributed by atoms with E-state index in [2.05, 4.69) is 30.6 Å². The van der Waals surface area contributed by atoms with Crippen LogP contribution in [0, 0.1) is 5.82 Å². The molecule has 0 saturated heterocycles. The normalized spacial score (nSPS) is 11.3. The molecule has 29 heavy (non-hydrogen) atoms. The molecule has 0 fully saturated rings. The Morgan fingerprint density at radius 1 is 1.14 bits per heavy atom. The maximum atomic E-state index is 14.6. The predicted octanol–water partition coefficient (Wildman–Crippen LogP) is 3.89. The molecule has 0 aliphatic carbocycles. The average Bonchev–Trinajstić information content (AvgIpc) is 3.35. The molecule has 3 heterocycles. The molecule has 0 radical (unpaired) electrons. The first-order valence-corrected chi connectivity index (χ1v) is 8.97. The van der Waals surface area contributed by atoms with E-state index in [1.165, 1.54) is 6.20 Å². The molecule has 0 aliphatic rings. The van der Waals surface area contributed by atoms with Crippen molar-refractivity contribution in [2.45, 2.75) is 0 Å². The fourth-order valence-electron chi connectivity index (χ4n) is 3.38. The summed E-state index contributed by atoms with van der Waals surface area (Å²) in [5.41, 5.74) is 3.47. The molecule has 5 rings (SSSR count). The number of H-pyrrole nitrogens is 1. The smallest absolute Gasteiger partial charge is 0.229 e. The minimum atomic E-state index is -0.513. The molecule has 2 aromatic carbocycles. The van der Waals surface area contributed by atoms with Crippen LogP contribution in [0.15, 0.2) is 55.0 Å². The molecule has 3 aromatic heterocycles. The Kier molecular flexibility index (Phi) is 3.87. The van der Waals surface area contributed by atoms with Crippen molar-refractivity contribution in [1.29, 1.82) is 0 Å². The monoisotopic (exact) mass is 388 g/mol. The van der Waals surface area contributed by atoms with Crippen LogP contribution in [0.25, 0.3) is 21.8 Å². The minimum absolute atomic E-state index is 0.165. The van der Waals surface area contributed by atoms with E-state index < -0.39 is 5.82 Å². The van der Waals surface area contributed by atoms with Gasteiger partial charge in [0.05, 0.1) is 35.3 Å². The van der Waals surface area contributed by atoms with Gasteiger partial charge in [0.1, 0.15) is 0 Å². The number of nitrogens with one attached hydrogen (secondary N) is 2. The molecule has 144 valence electrons. The van der Waals surface area contributed by atoms with Gasteiger partial charge in [-0.15, -0.1) is 0 Å². The van der Waals surface area contributed by atoms with Crippen LogP contribution in [0.2, 0.25) is 0 Å². The van der Waals surface area contributed by atoms with E-state index in [4.69, 9.17) is 0 Å². The lowest BCUT2D eigenvalue weighted by Crippen LogP contribution is -2.15. The van der Waals surface area contributed by atoms with Crippen LogP contribution in [0.3, 0.4) is 0 Å². The molecule has 8 nitrogen and oxygen atoms in total. The van der Waals surface area contributed by atoms with Crippen molar-refractivity contribution in [1.82, 2.24) is 29.9 Å². The number of fused-ring (bicyclic) bond motifs is 2. The number of aromatic nitrogens is 6. The summed E-state index contributed by atoms with van der Waals surface area (Å²) in [4.78, 5) is 10.2. The second-order valence-corrected chi connectivity index (χ2v) is 6.70. The van der Waals surface area contributed by atoms with Crippen LogP contribution >= 0.6 is 0 Å². The Morgan fingerprint density at radius 3 is 2.93 bits per heavy atom. The average molecular weight is 388 g/mol. The molecule has 0 atom stereocenters. The first-order chi connectivity index (χ1) is 14.1. The summed E-state index contributed by atoms with van der Waals surface area (Å²) in [7, 11) is 3.65. The van der Waals surface area contributed by atoms with Crippen LogP contribution < -0.4 is 10.2 Å². The number of hydrogen-bond acceptors (Lipinski definition) is 6. The first-order valence-electron chi connectivity index (χ1n) is 8.97. The van der Waals surface area contributed by atoms with Gasteiger partial charge in [0.2, 0.25) is 5.95 Å². The molecular formula is C20H17FN8. The van der Waals surface area contributed by atoms with Crippen molar-refractivity contribution in [3.05, 3.63) is 60.8 Å². The summed E-state index contributed by atoms with van der Waals surface area (Å²) in [6.45, 7) is 0. The second kappa shape index (κ2) is 6.55. The van der Waals surface area contributed by atoms with Crippen molar-refractivity contribution >= 4 is 44.9 Å². The zero-order chi connectivity index (χ0) is 20.0. The first kappa shape index (κ1) is 17.1. The van der Waals surface area contributed by atoms with Gasteiger partial charge in [-0.05, 0) is 30.3 Å². The number of benzene rings is 2. The molecule has 0 bridgehead atoms. The maximum absolute atomic E-state index is 14.6. The lowest BCUT2D eigenvalue weighted by Gasteiger charge is -2.20. The molecule has 2 N–H and O–H groups in total. The van der Waals surface area contributed by atoms with Crippen molar-refractivity contribution < 1.29 is 4.39 Å². The third-order valence-corrected chi connectivity index (χ3v) is 4.87. The van der Waals surface area contributed by atoms with Gasteiger partial charge in [0.15, 0.2) is 11.6 Å². The zero-order valence-electron chi connectivity index (χ0n) is 15.8. The van der Waals surface area contributed by atoms with E-state index >= 15 is 0 Å². The topological polar surface area (TPSA) is 87.5 Å². The number of aryl methyl sites for hydroxylation is 1. The lowest BCUT2D eigenvalue weighted by atomic mass is 10.2. The van der Waals surface area contributed by atoms with Crippen molar-refractivity contribution in [3.8, 4) is 0 Å². The van der Waals surface area contributed by atoms with Crippen molar-refractivity contribution in [2.75, 3.05) is 17.3 Å². The fourth-order valence-corrected chi connectivity index (χ4v) is 3.38. The Morgan fingerprint density at radius 2 is 2.03 bits per heavy atom. The van der Waals surface area contributed by atoms with E-state index in [0.717, 1.165) is 33.2 Å². The Bertz CT molecular complexity index is 1340. The number of nitrogens with zero attached hydrogens (tertiary/aromatic N) is 6. The maximum Gasteiger partial charge on any atom is 0.229 e. The van der Waals surface area contributed by atoms with Crippen LogP contribution in [0.1, 0.15) is 0 Å². The number of hydrogen-bond donors (Lipinski definition) is 2. The van der Waals surface area contributed by atoms with Gasteiger partial charge in [0, 0.05) is 30.6 Å². The van der Waals surface area contributed by atoms with Crippen LogP contribution in [0.4, 0.5) is 27.5 Å². The van der Waals surface area contributed by atoms with Gasteiger partial charge in [0.25, 0.3) is 0 Å². The SMILES string of the molecule is CN(c1nc(Nc2ccc3c(cnn3C)c2)ncc1F)c1cccc2[nH]ncc12. The standard InChI is InChI=1S/C20H17FN8/c1-28(18-5-3-4-16-14(18)10-23-27-16)19-15(21)11-22-20(26-19)25-13-6-7-17-12(8-13)9-24-29(17)2/h3-11H,1-2H3,(H,23,27)(H,22,25,26). The summed E-state index contributed by atoms with van der Waals surface area (Å²) in [6.07, 6.45) is 4.67. The Labute approximate surface area is 165 Å². The van der Waals surface area contributed by atoms with E-state index in [1.807, 2.05) is 43.4 Å². The number of aromatic amines is 1. The summed E-state index contributed by atoms with van der Waals surface area (Å²) in [5.74, 6) is -0.0456. The van der Waals surface area contributed by atoms with Gasteiger partial charge in [-0.3, -0.25) is 9.78 Å². The van der Waals surface area contributed by atoms with Gasteiger partial charge in [-0.25, -0.2) is 9.37 Å². The third-order valence-electron chi connectivity index (χ3n) is 4.87. The van der Waals surface area contributed by atoms with Crippen molar-refractivity contribution in [2.24, 2.45) is 7.05 Å². The largest absolute Gasteiger partial charge is 0.326 e. The number of anilines is 4. The van der Waals surface area contributed by atoms with E-state index in [1.54, 1.807) is 29.0 Å². The van der Waals surface area contributed by atoms with E-state index in [9.17, 15) is 4.39 Å². The van der Waals surface area contributed by atoms with Gasteiger partial charge in [-0.2, -0.15) is 15.2 Å². The molecule has 0 spiro atoms. The highest BCUT2D eigenvalue weighted by Crippen LogP contribution is 2.31. The summed E-state index contributed by atoms with van der Waals surface area (Å²) >= 11 is 0. The van der Waals surface area contributed by atoms with Crippen LogP contribution in [-0.2, 0) is 7.05 Å². The zero-order valence-corrected chi connectivity index (χ0v) is 15.8. The van der Waals surface area contributed by atoms with Gasteiger partial charge >= 0.3 is 0 Å². The molecule has 0 amide bonds. The van der Waals surface area contributed by atoms with E-state index in [0.29, 0.717) is 5.95 Å². The molecule has 5 aromatic rings. The quantitative estimate of drug-likeness (QED) is 0.486. The Hall–Kier alpha value is -4.01. The highest BCUT2D eigenvalue weighted by atomic mass is 19.1. The number of halogens is 1. The fraction of sp³-hybridized carbons (Fsp3) is 0.100. The molecule has 0 saturated carbocycles. The third kappa shape index (κ3) is 2.92. The molecule has 0 aliphatic heterocycles. The van der Waals surface area contributed by atoms with Crippen LogP contribution in [-0.4, -0.2) is 37.0 Å². The number of rotatable bonds is 4. The summed E-state index contributed by atoms with van der Waals surface area (Å²) in [6, 6.07) is 11.5. The minimum Gasteiger partial charge on any atom is -0.326 e. The van der Waals surface area contributed by atoms with Crippen LogP contribution in [0.5, 0.6) is 0 Å². The predicted molar refractivity (Wildman–Crippen MR) is 110 cm³/mol. The molecule has 0 unspecified atom stereocenters. The summed E-state index contributed by atoms with van der Waals surface area (Å²) in [5, 5.41) is 16.2.